The molecule has 2 N–H and O–H groups in total. The fourth-order valence-electron chi connectivity index (χ4n) is 2.32. The fourth-order valence-corrected chi connectivity index (χ4v) is 2.51. The molecule has 0 radical (unpaired) electrons. The maximum absolute atomic E-state index is 12.3. The first-order valence-electron chi connectivity index (χ1n) is 7.53. The van der Waals surface area contributed by atoms with Crippen LogP contribution < -0.4 is 5.32 Å². The standard InChI is InChI=1S/C16H21ClN4O2/c1-10(7-11(2)22)9-18-16(23)15-12(3)19-21(20-15)14-6-4-5-13(17)8-14/h4-6,8,10-11,22H,7,9H2,1-3H3,(H,18,23). The predicted molar refractivity (Wildman–Crippen MR) is 88.9 cm³/mol. The van der Waals surface area contributed by atoms with Gasteiger partial charge in [-0.2, -0.15) is 9.90 Å². The molecule has 7 heteroatoms. The third-order valence-electron chi connectivity index (χ3n) is 3.39. The van der Waals surface area contributed by atoms with Crippen molar-refractivity contribution in [2.75, 3.05) is 6.54 Å². The molecule has 0 aliphatic carbocycles. The fraction of sp³-hybridized carbons (Fsp3) is 0.438. The van der Waals surface area contributed by atoms with Gasteiger partial charge in [-0.05, 0) is 44.4 Å². The van der Waals surface area contributed by atoms with Crippen LogP contribution in [0.2, 0.25) is 5.02 Å². The quantitative estimate of drug-likeness (QED) is 0.848. The minimum Gasteiger partial charge on any atom is -0.393 e. The highest BCUT2D eigenvalue weighted by Gasteiger charge is 2.17. The van der Waals surface area contributed by atoms with Crippen molar-refractivity contribution in [3.63, 3.8) is 0 Å². The Morgan fingerprint density at radius 3 is 2.78 bits per heavy atom. The lowest BCUT2D eigenvalue weighted by molar-refractivity contribution is 0.0933. The average Bonchev–Trinajstić information content (AvgIpc) is 2.86. The highest BCUT2D eigenvalue weighted by molar-refractivity contribution is 6.30. The van der Waals surface area contributed by atoms with Crippen molar-refractivity contribution >= 4 is 17.5 Å². The number of aliphatic hydroxyl groups excluding tert-OH is 1. The summed E-state index contributed by atoms with van der Waals surface area (Å²) >= 11 is 5.96. The van der Waals surface area contributed by atoms with Crippen LogP contribution in [0.3, 0.4) is 0 Å². The molecule has 1 aromatic carbocycles. The molecule has 1 heterocycles. The minimum atomic E-state index is -0.382. The van der Waals surface area contributed by atoms with E-state index in [-0.39, 0.29) is 23.6 Å². The van der Waals surface area contributed by atoms with Crippen molar-refractivity contribution in [3.8, 4) is 5.69 Å². The SMILES string of the molecule is Cc1nn(-c2cccc(Cl)c2)nc1C(=O)NCC(C)CC(C)O. The van der Waals surface area contributed by atoms with Gasteiger partial charge in [0.2, 0.25) is 0 Å². The first-order chi connectivity index (χ1) is 10.9. The van der Waals surface area contributed by atoms with Gasteiger partial charge in [-0.25, -0.2) is 0 Å². The first kappa shape index (κ1) is 17.4. The third-order valence-corrected chi connectivity index (χ3v) is 3.63. The van der Waals surface area contributed by atoms with Crippen molar-refractivity contribution in [1.82, 2.24) is 20.3 Å². The van der Waals surface area contributed by atoms with Gasteiger partial charge < -0.3 is 10.4 Å². The molecule has 0 saturated carbocycles. The zero-order valence-corrected chi connectivity index (χ0v) is 14.2. The van der Waals surface area contributed by atoms with Crippen LogP contribution in [0, 0.1) is 12.8 Å². The number of amides is 1. The average molecular weight is 337 g/mol. The van der Waals surface area contributed by atoms with E-state index < -0.39 is 0 Å². The van der Waals surface area contributed by atoms with Gasteiger partial charge in [0, 0.05) is 11.6 Å². The van der Waals surface area contributed by atoms with Gasteiger partial charge in [-0.1, -0.05) is 24.6 Å². The number of hydrogen-bond donors (Lipinski definition) is 2. The number of carbonyl (C=O) groups is 1. The van der Waals surface area contributed by atoms with E-state index in [4.69, 9.17) is 11.6 Å². The van der Waals surface area contributed by atoms with Crippen molar-refractivity contribution < 1.29 is 9.90 Å². The molecule has 2 atom stereocenters. The molecule has 1 amide bonds. The highest BCUT2D eigenvalue weighted by atomic mass is 35.5. The summed E-state index contributed by atoms with van der Waals surface area (Å²) in [6.07, 6.45) is 0.251. The lowest BCUT2D eigenvalue weighted by Gasteiger charge is -2.13. The summed E-state index contributed by atoms with van der Waals surface area (Å²) in [7, 11) is 0. The van der Waals surface area contributed by atoms with Crippen LogP contribution in [0.25, 0.3) is 5.69 Å². The number of nitrogens with zero attached hydrogens (tertiary/aromatic N) is 3. The Labute approximate surface area is 140 Å². The number of aliphatic hydroxyl groups is 1. The van der Waals surface area contributed by atoms with Crippen LogP contribution in [-0.2, 0) is 0 Å². The number of benzene rings is 1. The monoisotopic (exact) mass is 336 g/mol. The molecule has 2 aromatic rings. The van der Waals surface area contributed by atoms with E-state index in [0.29, 0.717) is 29.4 Å². The summed E-state index contributed by atoms with van der Waals surface area (Å²) in [5.74, 6) is -0.0875. The largest absolute Gasteiger partial charge is 0.393 e. The Kier molecular flexibility index (Phi) is 5.74. The van der Waals surface area contributed by atoms with Crippen molar-refractivity contribution in [1.29, 1.82) is 0 Å². The number of aromatic nitrogens is 3. The van der Waals surface area contributed by atoms with Crippen LogP contribution in [0.4, 0.5) is 0 Å². The molecule has 6 nitrogen and oxygen atoms in total. The summed E-state index contributed by atoms with van der Waals surface area (Å²) in [6, 6.07) is 7.11. The predicted octanol–water partition coefficient (Wildman–Crippen LogP) is 2.37. The molecule has 2 rings (SSSR count). The molecule has 0 spiro atoms. The number of carbonyl (C=O) groups excluding carboxylic acids is 1. The van der Waals surface area contributed by atoms with Crippen LogP contribution in [0.5, 0.6) is 0 Å². The number of nitrogens with one attached hydrogen (secondary N) is 1. The molecule has 0 fully saturated rings. The van der Waals surface area contributed by atoms with Crippen LogP contribution in [0.15, 0.2) is 24.3 Å². The Balaban J connectivity index is 2.07. The molecular formula is C16H21ClN4O2. The molecule has 1 aromatic heterocycles. The van der Waals surface area contributed by atoms with Crippen molar-refractivity contribution in [2.45, 2.75) is 33.3 Å². The van der Waals surface area contributed by atoms with Gasteiger partial charge in [0.25, 0.3) is 5.91 Å². The Morgan fingerprint density at radius 1 is 1.39 bits per heavy atom. The van der Waals surface area contributed by atoms with Gasteiger partial charge in [-0.15, -0.1) is 5.10 Å². The number of hydrogen-bond acceptors (Lipinski definition) is 4. The highest BCUT2D eigenvalue weighted by Crippen LogP contribution is 2.14. The second-order valence-corrected chi connectivity index (χ2v) is 6.24. The van der Waals surface area contributed by atoms with Gasteiger partial charge in [0.1, 0.15) is 0 Å². The number of rotatable bonds is 6. The summed E-state index contributed by atoms with van der Waals surface area (Å²) in [5, 5.41) is 21.3. The zero-order valence-electron chi connectivity index (χ0n) is 13.5. The molecule has 0 saturated heterocycles. The number of halogens is 1. The normalized spacial score (nSPS) is 13.6. The summed E-state index contributed by atoms with van der Waals surface area (Å²) < 4.78 is 0. The maximum Gasteiger partial charge on any atom is 0.273 e. The topological polar surface area (TPSA) is 80.0 Å². The van der Waals surface area contributed by atoms with Crippen LogP contribution in [0.1, 0.15) is 36.5 Å². The smallest absolute Gasteiger partial charge is 0.273 e. The summed E-state index contributed by atoms with van der Waals surface area (Å²) in [4.78, 5) is 13.6. The Hall–Kier alpha value is -1.92. The first-order valence-corrected chi connectivity index (χ1v) is 7.90. The van der Waals surface area contributed by atoms with E-state index in [1.165, 1.54) is 4.80 Å². The molecule has 0 aliphatic heterocycles. The van der Waals surface area contributed by atoms with Crippen molar-refractivity contribution in [2.24, 2.45) is 5.92 Å². The lowest BCUT2D eigenvalue weighted by Crippen LogP contribution is -2.30. The maximum atomic E-state index is 12.3. The second kappa shape index (κ2) is 7.57. The second-order valence-electron chi connectivity index (χ2n) is 5.80. The molecule has 2 unspecified atom stereocenters. The Morgan fingerprint density at radius 2 is 2.13 bits per heavy atom. The van der Waals surface area contributed by atoms with E-state index >= 15 is 0 Å². The van der Waals surface area contributed by atoms with Gasteiger partial charge in [-0.3, -0.25) is 4.79 Å². The third kappa shape index (κ3) is 4.77. The van der Waals surface area contributed by atoms with Crippen LogP contribution in [-0.4, -0.2) is 38.7 Å². The number of aryl methyl sites for hydroxylation is 1. The molecule has 124 valence electrons. The van der Waals surface area contributed by atoms with Crippen LogP contribution >= 0.6 is 11.6 Å². The van der Waals surface area contributed by atoms with Crippen molar-refractivity contribution in [3.05, 3.63) is 40.7 Å². The Bertz CT molecular complexity index is 684. The molecular weight excluding hydrogens is 316 g/mol. The lowest BCUT2D eigenvalue weighted by atomic mass is 10.0. The van der Waals surface area contributed by atoms with Gasteiger partial charge >= 0.3 is 0 Å². The van der Waals surface area contributed by atoms with E-state index in [1.807, 2.05) is 13.0 Å². The van der Waals surface area contributed by atoms with E-state index in [1.54, 1.807) is 32.0 Å². The molecule has 0 bridgehead atoms. The zero-order chi connectivity index (χ0) is 17.0. The summed E-state index contributed by atoms with van der Waals surface area (Å²) in [5.41, 5.74) is 1.53. The summed E-state index contributed by atoms with van der Waals surface area (Å²) in [6.45, 7) is 5.93. The molecule has 0 aliphatic rings. The van der Waals surface area contributed by atoms with E-state index in [9.17, 15) is 9.90 Å². The van der Waals surface area contributed by atoms with E-state index in [2.05, 4.69) is 15.5 Å². The van der Waals surface area contributed by atoms with Gasteiger partial charge in [0.05, 0.1) is 17.5 Å². The van der Waals surface area contributed by atoms with E-state index in [0.717, 1.165) is 0 Å². The minimum absolute atomic E-state index is 0.183. The van der Waals surface area contributed by atoms with Gasteiger partial charge in [0.15, 0.2) is 5.69 Å². The molecule has 23 heavy (non-hydrogen) atoms.